The Kier molecular flexibility index (Phi) is 5.95. The molecule has 2 amide bonds. The number of benzene rings is 1. The lowest BCUT2D eigenvalue weighted by Crippen LogP contribution is -2.49. The zero-order valence-electron chi connectivity index (χ0n) is 15.1. The van der Waals surface area contributed by atoms with Crippen molar-refractivity contribution >= 4 is 17.5 Å². The van der Waals surface area contributed by atoms with E-state index in [-0.39, 0.29) is 11.8 Å². The van der Waals surface area contributed by atoms with Crippen molar-refractivity contribution in [3.05, 3.63) is 30.3 Å². The number of hydrogen-bond acceptors (Lipinski definition) is 3. The molecular formula is C20H29N3O2. The quantitative estimate of drug-likeness (QED) is 0.826. The Labute approximate surface area is 150 Å². The van der Waals surface area contributed by atoms with Gasteiger partial charge < -0.3 is 15.1 Å². The first kappa shape index (κ1) is 17.8. The summed E-state index contributed by atoms with van der Waals surface area (Å²) in [7, 11) is 0. The average Bonchev–Trinajstić information content (AvgIpc) is 3.48. The molecule has 1 saturated heterocycles. The lowest BCUT2D eigenvalue weighted by atomic mass is 10.0. The van der Waals surface area contributed by atoms with Crippen LogP contribution in [0, 0.1) is 11.8 Å². The fraction of sp³-hybridized carbons (Fsp3) is 0.600. The predicted molar refractivity (Wildman–Crippen MR) is 99.4 cm³/mol. The Hall–Kier alpha value is -2.04. The molecule has 1 aliphatic heterocycles. The average molecular weight is 343 g/mol. The van der Waals surface area contributed by atoms with Crippen molar-refractivity contribution in [2.45, 2.75) is 32.6 Å². The van der Waals surface area contributed by atoms with Gasteiger partial charge in [0.2, 0.25) is 11.8 Å². The molecule has 5 nitrogen and oxygen atoms in total. The van der Waals surface area contributed by atoms with Crippen LogP contribution in [0.5, 0.6) is 0 Å². The van der Waals surface area contributed by atoms with E-state index < -0.39 is 0 Å². The molecule has 1 saturated carbocycles. The van der Waals surface area contributed by atoms with Gasteiger partial charge in [0.05, 0.1) is 0 Å². The maximum absolute atomic E-state index is 12.3. The number of para-hydroxylation sites is 1. The van der Waals surface area contributed by atoms with Crippen molar-refractivity contribution in [3.8, 4) is 0 Å². The summed E-state index contributed by atoms with van der Waals surface area (Å²) in [6.07, 6.45) is 3.52. The van der Waals surface area contributed by atoms with Crippen LogP contribution in [0.1, 0.15) is 32.6 Å². The van der Waals surface area contributed by atoms with Crippen LogP contribution < -0.4 is 10.2 Å². The van der Waals surface area contributed by atoms with E-state index in [1.165, 1.54) is 18.5 Å². The first-order valence-corrected chi connectivity index (χ1v) is 9.48. The molecule has 0 spiro atoms. The number of amides is 2. The molecule has 0 bridgehead atoms. The minimum absolute atomic E-state index is 0.0843. The third kappa shape index (κ3) is 5.21. The van der Waals surface area contributed by atoms with Gasteiger partial charge in [0.1, 0.15) is 0 Å². The van der Waals surface area contributed by atoms with Crippen molar-refractivity contribution < 1.29 is 9.59 Å². The summed E-state index contributed by atoms with van der Waals surface area (Å²) < 4.78 is 0. The molecule has 2 aliphatic rings. The number of nitrogens with one attached hydrogen (secondary N) is 1. The van der Waals surface area contributed by atoms with E-state index in [0.717, 1.165) is 32.1 Å². The van der Waals surface area contributed by atoms with Gasteiger partial charge in [0, 0.05) is 51.3 Å². The smallest absolute Gasteiger partial charge is 0.224 e. The number of nitrogens with zero attached hydrogens (tertiary/aromatic N) is 2. The van der Waals surface area contributed by atoms with Crippen LogP contribution in [-0.2, 0) is 9.59 Å². The Morgan fingerprint density at radius 3 is 2.44 bits per heavy atom. The van der Waals surface area contributed by atoms with Crippen LogP contribution in [0.3, 0.4) is 0 Å². The van der Waals surface area contributed by atoms with Gasteiger partial charge in [-0.05, 0) is 36.8 Å². The molecule has 1 aromatic rings. The molecule has 1 heterocycles. The number of anilines is 1. The summed E-state index contributed by atoms with van der Waals surface area (Å²) >= 11 is 0. The van der Waals surface area contributed by atoms with E-state index in [1.54, 1.807) is 0 Å². The Morgan fingerprint density at radius 2 is 1.80 bits per heavy atom. The van der Waals surface area contributed by atoms with Crippen molar-refractivity contribution in [1.82, 2.24) is 10.2 Å². The minimum Gasteiger partial charge on any atom is -0.368 e. The van der Waals surface area contributed by atoms with E-state index in [4.69, 9.17) is 0 Å². The second-order valence-electron chi connectivity index (χ2n) is 7.32. The third-order valence-corrected chi connectivity index (χ3v) is 5.35. The number of hydrogen-bond donors (Lipinski definition) is 1. The highest BCUT2D eigenvalue weighted by molar-refractivity contribution is 5.79. The van der Waals surface area contributed by atoms with Crippen molar-refractivity contribution in [2.75, 3.05) is 37.6 Å². The molecule has 1 N–H and O–H groups in total. The molecule has 2 fully saturated rings. The SMILES string of the molecule is C[C@@H](CC(=O)NCCC(=O)N1CCN(c2ccccc2)CC1)C1CC1. The monoisotopic (exact) mass is 343 g/mol. The molecule has 1 aromatic carbocycles. The fourth-order valence-corrected chi connectivity index (χ4v) is 3.52. The first-order valence-electron chi connectivity index (χ1n) is 9.48. The third-order valence-electron chi connectivity index (χ3n) is 5.35. The Balaban J connectivity index is 1.33. The number of carbonyl (C=O) groups is 2. The van der Waals surface area contributed by atoms with E-state index in [0.29, 0.717) is 25.3 Å². The molecule has 0 unspecified atom stereocenters. The highest BCUT2D eigenvalue weighted by Gasteiger charge is 2.29. The summed E-state index contributed by atoms with van der Waals surface area (Å²) in [5.41, 5.74) is 1.21. The fourth-order valence-electron chi connectivity index (χ4n) is 3.52. The van der Waals surface area contributed by atoms with E-state index >= 15 is 0 Å². The van der Waals surface area contributed by atoms with Gasteiger partial charge in [0.15, 0.2) is 0 Å². The molecular weight excluding hydrogens is 314 g/mol. The van der Waals surface area contributed by atoms with Crippen molar-refractivity contribution in [1.29, 1.82) is 0 Å². The van der Waals surface area contributed by atoms with Gasteiger partial charge in [-0.2, -0.15) is 0 Å². The first-order chi connectivity index (χ1) is 12.1. The molecule has 3 rings (SSSR count). The molecule has 1 atom stereocenters. The number of rotatable bonds is 7. The summed E-state index contributed by atoms with van der Waals surface area (Å²) in [6.45, 7) is 5.82. The summed E-state index contributed by atoms with van der Waals surface area (Å²) in [4.78, 5) is 28.4. The van der Waals surface area contributed by atoms with Crippen molar-refractivity contribution in [2.24, 2.45) is 11.8 Å². The molecule has 136 valence electrons. The molecule has 0 aromatic heterocycles. The van der Waals surface area contributed by atoms with Gasteiger partial charge in [-0.3, -0.25) is 9.59 Å². The van der Waals surface area contributed by atoms with Gasteiger partial charge in [0.25, 0.3) is 0 Å². The van der Waals surface area contributed by atoms with Gasteiger partial charge in [-0.1, -0.05) is 25.1 Å². The summed E-state index contributed by atoms with van der Waals surface area (Å²) in [5, 5.41) is 2.90. The number of carbonyl (C=O) groups excluding carboxylic acids is 2. The maximum atomic E-state index is 12.3. The maximum Gasteiger partial charge on any atom is 0.224 e. The van der Waals surface area contributed by atoms with Gasteiger partial charge in [-0.15, -0.1) is 0 Å². The van der Waals surface area contributed by atoms with Crippen LogP contribution in [-0.4, -0.2) is 49.4 Å². The zero-order chi connectivity index (χ0) is 17.6. The van der Waals surface area contributed by atoms with Gasteiger partial charge in [-0.25, -0.2) is 0 Å². The number of piperazine rings is 1. The van der Waals surface area contributed by atoms with Crippen LogP contribution >= 0.6 is 0 Å². The van der Waals surface area contributed by atoms with Crippen LogP contribution in [0.4, 0.5) is 5.69 Å². The normalized spacial score (nSPS) is 18.8. The molecule has 5 heteroatoms. The van der Waals surface area contributed by atoms with E-state index in [2.05, 4.69) is 29.3 Å². The Morgan fingerprint density at radius 1 is 1.12 bits per heavy atom. The largest absolute Gasteiger partial charge is 0.368 e. The minimum atomic E-state index is 0.0843. The lowest BCUT2D eigenvalue weighted by Gasteiger charge is -2.36. The van der Waals surface area contributed by atoms with E-state index in [1.807, 2.05) is 23.1 Å². The highest BCUT2D eigenvalue weighted by atomic mass is 16.2. The van der Waals surface area contributed by atoms with Crippen LogP contribution in [0.15, 0.2) is 30.3 Å². The lowest BCUT2D eigenvalue weighted by molar-refractivity contribution is -0.131. The highest BCUT2D eigenvalue weighted by Crippen LogP contribution is 2.37. The van der Waals surface area contributed by atoms with E-state index in [9.17, 15) is 9.59 Å². The topological polar surface area (TPSA) is 52.7 Å². The van der Waals surface area contributed by atoms with Crippen LogP contribution in [0.25, 0.3) is 0 Å². The Bertz CT molecular complexity index is 578. The molecule has 25 heavy (non-hydrogen) atoms. The standard InChI is InChI=1S/C20H29N3O2/c1-16(17-7-8-17)15-19(24)21-10-9-20(25)23-13-11-22(12-14-23)18-5-3-2-4-6-18/h2-6,16-17H,7-15H2,1H3,(H,21,24)/t16-/m0/s1. The molecule has 1 aliphatic carbocycles. The molecule has 0 radical (unpaired) electrons. The summed E-state index contributed by atoms with van der Waals surface area (Å²) in [5.74, 6) is 1.44. The van der Waals surface area contributed by atoms with Crippen LogP contribution in [0.2, 0.25) is 0 Å². The second kappa shape index (κ2) is 8.37. The summed E-state index contributed by atoms with van der Waals surface area (Å²) in [6, 6.07) is 10.3. The second-order valence-corrected chi connectivity index (χ2v) is 7.32. The zero-order valence-corrected chi connectivity index (χ0v) is 15.1. The van der Waals surface area contributed by atoms with Crippen molar-refractivity contribution in [3.63, 3.8) is 0 Å². The van der Waals surface area contributed by atoms with Gasteiger partial charge >= 0.3 is 0 Å². The predicted octanol–water partition coefficient (Wildman–Crippen LogP) is 2.28.